The lowest BCUT2D eigenvalue weighted by Crippen LogP contribution is -2.64. The average molecular weight is 443 g/mol. The topological polar surface area (TPSA) is 115 Å². The Balaban J connectivity index is 1.76. The van der Waals surface area contributed by atoms with E-state index in [4.69, 9.17) is 18.9 Å². The van der Waals surface area contributed by atoms with Crippen molar-refractivity contribution in [2.75, 3.05) is 0 Å². The molecule has 31 heavy (non-hydrogen) atoms. The van der Waals surface area contributed by atoms with Gasteiger partial charge in [0.1, 0.15) is 29.5 Å². The van der Waals surface area contributed by atoms with Gasteiger partial charge in [-0.3, -0.25) is 0 Å². The van der Waals surface area contributed by atoms with Crippen LogP contribution in [0.1, 0.15) is 80.1 Å². The summed E-state index contributed by atoms with van der Waals surface area (Å²) in [5.41, 5.74) is -1.32. The van der Waals surface area contributed by atoms with Gasteiger partial charge in [-0.25, -0.2) is 9.59 Å². The molecule has 1 heterocycles. The van der Waals surface area contributed by atoms with Gasteiger partial charge >= 0.3 is 12.2 Å². The molecule has 2 amide bonds. The van der Waals surface area contributed by atoms with Crippen LogP contribution in [0.3, 0.4) is 0 Å². The van der Waals surface area contributed by atoms with Crippen molar-refractivity contribution in [1.29, 1.82) is 0 Å². The summed E-state index contributed by atoms with van der Waals surface area (Å²) in [5, 5.41) is 16.6. The normalized spacial score (nSPS) is 32.8. The van der Waals surface area contributed by atoms with Crippen molar-refractivity contribution in [3.8, 4) is 0 Å². The number of carbonyl (C=O) groups is 2. The monoisotopic (exact) mass is 442 g/mol. The lowest BCUT2D eigenvalue weighted by molar-refractivity contribution is -0.199. The van der Waals surface area contributed by atoms with Gasteiger partial charge in [0.05, 0.1) is 12.1 Å². The van der Waals surface area contributed by atoms with Gasteiger partial charge in [0.15, 0.2) is 5.79 Å². The molecule has 0 bridgehead atoms. The van der Waals surface area contributed by atoms with Crippen molar-refractivity contribution in [2.24, 2.45) is 0 Å². The number of fused-ring (bicyclic) bond motifs is 1. The van der Waals surface area contributed by atoms with Gasteiger partial charge in [-0.1, -0.05) is 6.42 Å². The number of amides is 2. The lowest BCUT2D eigenvalue weighted by Gasteiger charge is -2.40. The van der Waals surface area contributed by atoms with Crippen LogP contribution >= 0.6 is 0 Å². The molecule has 9 nitrogen and oxygen atoms in total. The Labute approximate surface area is 184 Å². The third-order valence-corrected chi connectivity index (χ3v) is 5.70. The van der Waals surface area contributed by atoms with E-state index in [1.807, 2.05) is 0 Å². The van der Waals surface area contributed by atoms with E-state index in [9.17, 15) is 14.7 Å². The van der Waals surface area contributed by atoms with Crippen LogP contribution in [0.25, 0.3) is 0 Å². The zero-order valence-electron chi connectivity index (χ0n) is 19.5. The molecular weight excluding hydrogens is 404 g/mol. The van der Waals surface area contributed by atoms with Gasteiger partial charge in [0, 0.05) is 12.8 Å². The average Bonchev–Trinajstić information content (AvgIpc) is 2.96. The van der Waals surface area contributed by atoms with Crippen LogP contribution in [0.2, 0.25) is 0 Å². The van der Waals surface area contributed by atoms with Gasteiger partial charge in [-0.2, -0.15) is 0 Å². The molecule has 3 rings (SSSR count). The Bertz CT molecular complexity index is 664. The second-order valence-electron chi connectivity index (χ2n) is 10.9. The second-order valence-corrected chi connectivity index (χ2v) is 10.9. The van der Waals surface area contributed by atoms with E-state index in [1.54, 1.807) is 41.5 Å². The Morgan fingerprint density at radius 1 is 0.839 bits per heavy atom. The Morgan fingerprint density at radius 2 is 1.32 bits per heavy atom. The number of nitrogens with one attached hydrogen (secondary N) is 2. The van der Waals surface area contributed by atoms with Gasteiger partial charge in [-0.05, 0) is 60.8 Å². The molecule has 1 aliphatic heterocycles. The Morgan fingerprint density at radius 3 is 1.84 bits per heavy atom. The highest BCUT2D eigenvalue weighted by Crippen LogP contribution is 2.45. The summed E-state index contributed by atoms with van der Waals surface area (Å²) in [6.07, 6.45) is 1.45. The molecule has 178 valence electrons. The van der Waals surface area contributed by atoms with Crippen LogP contribution < -0.4 is 10.6 Å². The summed E-state index contributed by atoms with van der Waals surface area (Å²) < 4.78 is 23.4. The molecule has 1 spiro atoms. The third kappa shape index (κ3) is 6.23. The number of aliphatic hydroxyl groups is 1. The predicted molar refractivity (Wildman–Crippen MR) is 113 cm³/mol. The van der Waals surface area contributed by atoms with Crippen LogP contribution in [0.15, 0.2) is 0 Å². The number of rotatable bonds is 2. The summed E-state index contributed by atoms with van der Waals surface area (Å²) in [6.45, 7) is 10.7. The van der Waals surface area contributed by atoms with E-state index in [0.717, 1.165) is 32.1 Å². The molecule has 3 aliphatic rings. The van der Waals surface area contributed by atoms with E-state index >= 15 is 0 Å². The molecule has 5 atom stereocenters. The molecule has 3 fully saturated rings. The quantitative estimate of drug-likeness (QED) is 0.602. The number of aliphatic hydroxyl groups excluding tert-OH is 1. The minimum atomic E-state index is -0.990. The molecule has 0 radical (unpaired) electrons. The fourth-order valence-electron chi connectivity index (χ4n) is 4.54. The van der Waals surface area contributed by atoms with E-state index in [0.29, 0.717) is 0 Å². The minimum absolute atomic E-state index is 0.264. The van der Waals surface area contributed by atoms with Crippen molar-refractivity contribution in [3.63, 3.8) is 0 Å². The van der Waals surface area contributed by atoms with Crippen molar-refractivity contribution in [3.05, 3.63) is 0 Å². The van der Waals surface area contributed by atoms with Crippen LogP contribution in [-0.2, 0) is 18.9 Å². The molecular formula is C22H38N2O7. The zero-order valence-corrected chi connectivity index (χ0v) is 19.5. The first-order chi connectivity index (χ1) is 14.3. The fourth-order valence-corrected chi connectivity index (χ4v) is 4.54. The SMILES string of the molecule is CC(C)(C)OC(=O)N[C@H]1C[C@H](NC(=O)OC(C)(C)C)[C@@H]2OC3(CCCCC3)O[C@H]2[C@@H]1O. The standard InChI is InChI=1S/C22H38N2O7/c1-20(2,3)30-18(26)23-13-12-14(24-19(27)31-21(4,5)6)16-17(15(13)25)29-22(28-16)10-8-7-9-11-22/h13-17,25H,7-12H2,1-6H3,(H,23,26)(H,24,27)/t13-,14-,15+,16-,17-/m0/s1. The maximum absolute atomic E-state index is 12.5. The molecule has 0 unspecified atom stereocenters. The van der Waals surface area contributed by atoms with E-state index in [1.165, 1.54) is 0 Å². The minimum Gasteiger partial charge on any atom is -0.444 e. The number of hydrogen-bond acceptors (Lipinski definition) is 7. The van der Waals surface area contributed by atoms with E-state index in [-0.39, 0.29) is 6.42 Å². The van der Waals surface area contributed by atoms with E-state index < -0.39 is 59.6 Å². The van der Waals surface area contributed by atoms with Crippen molar-refractivity contribution >= 4 is 12.2 Å². The van der Waals surface area contributed by atoms with Crippen molar-refractivity contribution < 1.29 is 33.6 Å². The van der Waals surface area contributed by atoms with Crippen LogP contribution in [0.4, 0.5) is 9.59 Å². The highest BCUT2D eigenvalue weighted by Gasteiger charge is 2.57. The van der Waals surface area contributed by atoms with Crippen LogP contribution in [0, 0.1) is 0 Å². The smallest absolute Gasteiger partial charge is 0.407 e. The first kappa shape index (κ1) is 24.1. The largest absolute Gasteiger partial charge is 0.444 e. The molecule has 0 aromatic carbocycles. The summed E-state index contributed by atoms with van der Waals surface area (Å²) in [5.74, 6) is -0.747. The van der Waals surface area contributed by atoms with Crippen molar-refractivity contribution in [1.82, 2.24) is 10.6 Å². The summed E-state index contributed by atoms with van der Waals surface area (Å²) in [4.78, 5) is 24.8. The molecule has 0 aromatic heterocycles. The summed E-state index contributed by atoms with van der Waals surface area (Å²) in [7, 11) is 0. The predicted octanol–water partition coefficient (Wildman–Crippen LogP) is 2.98. The molecule has 9 heteroatoms. The van der Waals surface area contributed by atoms with E-state index in [2.05, 4.69) is 10.6 Å². The number of alkyl carbamates (subject to hydrolysis) is 2. The molecule has 1 saturated heterocycles. The maximum Gasteiger partial charge on any atom is 0.407 e. The highest BCUT2D eigenvalue weighted by molar-refractivity contribution is 5.69. The van der Waals surface area contributed by atoms with Crippen LogP contribution in [0.5, 0.6) is 0 Å². The number of hydrogen-bond donors (Lipinski definition) is 3. The molecule has 0 aromatic rings. The van der Waals surface area contributed by atoms with Crippen molar-refractivity contribution in [2.45, 2.75) is 127 Å². The number of ether oxygens (including phenoxy) is 4. The molecule has 2 saturated carbocycles. The second kappa shape index (κ2) is 8.75. The Hall–Kier alpha value is -1.58. The Kier molecular flexibility index (Phi) is 6.79. The maximum atomic E-state index is 12.5. The van der Waals surface area contributed by atoms with Gasteiger partial charge < -0.3 is 34.7 Å². The number of carbonyl (C=O) groups excluding carboxylic acids is 2. The first-order valence-electron chi connectivity index (χ1n) is 11.3. The van der Waals surface area contributed by atoms with Crippen LogP contribution in [-0.4, -0.2) is 64.7 Å². The van der Waals surface area contributed by atoms with Gasteiger partial charge in [0.25, 0.3) is 0 Å². The first-order valence-corrected chi connectivity index (χ1v) is 11.3. The zero-order chi connectivity index (χ0) is 23.0. The lowest BCUT2D eigenvalue weighted by atomic mass is 9.84. The third-order valence-electron chi connectivity index (χ3n) is 5.70. The van der Waals surface area contributed by atoms with Gasteiger partial charge in [0.2, 0.25) is 0 Å². The molecule has 3 N–H and O–H groups in total. The molecule has 2 aliphatic carbocycles. The fraction of sp³-hybridized carbons (Fsp3) is 0.909. The summed E-state index contributed by atoms with van der Waals surface area (Å²) >= 11 is 0. The van der Waals surface area contributed by atoms with Gasteiger partial charge in [-0.15, -0.1) is 0 Å². The summed E-state index contributed by atoms with van der Waals surface area (Å²) in [6, 6.07) is -1.16. The highest BCUT2D eigenvalue weighted by atomic mass is 16.8.